The molecule has 0 fully saturated rings. The van der Waals surface area contributed by atoms with Gasteiger partial charge in [0.1, 0.15) is 6.61 Å². The molecule has 0 radical (unpaired) electrons. The molecule has 1 aromatic carbocycles. The Morgan fingerprint density at radius 2 is 0.382 bits per heavy atom. The minimum Gasteiger partial charge on any atom is -0.460 e. The van der Waals surface area contributed by atoms with Gasteiger partial charge >= 0.3 is 5.97 Å². The molecule has 0 saturated heterocycles. The summed E-state index contributed by atoms with van der Waals surface area (Å²) in [5.41, 5.74) is 1.56. The highest BCUT2D eigenvalue weighted by atomic mass is 16.5. The highest BCUT2D eigenvalue weighted by Crippen LogP contribution is 2.74. The second kappa shape index (κ2) is 54.1. The Labute approximate surface area is 779 Å². The molecule has 0 heterocycles. The molecular formula is C121H234O2. The highest BCUT2D eigenvalue weighted by Gasteiger charge is 2.63. The molecule has 4 unspecified atom stereocenters. The Hall–Kier alpha value is -1.31. The summed E-state index contributed by atoms with van der Waals surface area (Å²) in [6.07, 6.45) is 69.1. The van der Waals surface area contributed by atoms with Crippen molar-refractivity contribution in [3.05, 3.63) is 35.9 Å². The van der Waals surface area contributed by atoms with E-state index in [9.17, 15) is 0 Å². The maximum absolute atomic E-state index is 17.7. The maximum atomic E-state index is 17.7. The van der Waals surface area contributed by atoms with E-state index in [1.54, 1.807) is 0 Å². The van der Waals surface area contributed by atoms with Crippen LogP contribution < -0.4 is 0 Å². The summed E-state index contributed by atoms with van der Waals surface area (Å²) < 4.78 is 7.44. The summed E-state index contributed by atoms with van der Waals surface area (Å²) in [4.78, 5) is 17.7. The third-order valence-electron chi connectivity index (χ3n) is 42.7. The lowest BCUT2D eigenvalue weighted by Gasteiger charge is -2.63. The van der Waals surface area contributed by atoms with E-state index in [2.05, 4.69) is 293 Å². The molecule has 0 aliphatic rings. The largest absolute Gasteiger partial charge is 0.460 e. The van der Waals surface area contributed by atoms with E-state index in [4.69, 9.17) is 4.74 Å². The number of carbonyl (C=O) groups is 1. The monoisotopic (exact) mass is 1720 g/mol. The van der Waals surface area contributed by atoms with Gasteiger partial charge in [-0.05, 0) is 232 Å². The van der Waals surface area contributed by atoms with Crippen molar-refractivity contribution in [3.63, 3.8) is 0 Å². The fraction of sp³-hybridized carbons (Fsp3) is 0.942. The van der Waals surface area contributed by atoms with Crippen LogP contribution >= 0.6 is 0 Å². The van der Waals surface area contributed by atoms with Crippen LogP contribution in [0.15, 0.2) is 30.3 Å². The minimum absolute atomic E-state index is 0.0107. The van der Waals surface area contributed by atoms with Crippen molar-refractivity contribution in [1.82, 2.24) is 0 Å². The van der Waals surface area contributed by atoms with E-state index < -0.39 is 5.41 Å². The lowest BCUT2D eigenvalue weighted by molar-refractivity contribution is -0.165. The van der Waals surface area contributed by atoms with Gasteiger partial charge < -0.3 is 4.74 Å². The van der Waals surface area contributed by atoms with Gasteiger partial charge in [0, 0.05) is 0 Å². The second-order valence-electron chi connectivity index (χ2n) is 46.8. The van der Waals surface area contributed by atoms with Gasteiger partial charge in [-0.3, -0.25) is 4.79 Å². The fourth-order valence-electron chi connectivity index (χ4n) is 31.1. The average molecular weight is 1720 g/mol. The number of carbonyl (C=O) groups excluding carboxylic acids is 1. The van der Waals surface area contributed by atoms with Crippen LogP contribution in [0.2, 0.25) is 0 Å². The number of rotatable bonds is 77. The molecule has 0 aliphatic heterocycles. The van der Waals surface area contributed by atoms with Crippen LogP contribution in [0.5, 0.6) is 0 Å². The summed E-state index contributed by atoms with van der Waals surface area (Å²) in [7, 11) is 0. The first kappa shape index (κ1) is 120. The van der Waals surface area contributed by atoms with Gasteiger partial charge in [0.25, 0.3) is 0 Å². The molecule has 0 aromatic heterocycles. The van der Waals surface area contributed by atoms with Crippen LogP contribution in [0.4, 0.5) is 0 Å². The summed E-state index contributed by atoms with van der Waals surface area (Å²) in [6.45, 7) is 102. The number of esters is 1. The first-order valence-corrected chi connectivity index (χ1v) is 56.3. The fourth-order valence-corrected chi connectivity index (χ4v) is 31.1. The van der Waals surface area contributed by atoms with Crippen LogP contribution in [0.25, 0.3) is 0 Å². The molecule has 4 atom stereocenters. The molecule has 0 amide bonds. The van der Waals surface area contributed by atoms with Crippen molar-refractivity contribution >= 4 is 5.97 Å². The lowest BCUT2D eigenvalue weighted by Crippen LogP contribution is -2.53. The van der Waals surface area contributed by atoms with E-state index in [1.165, 1.54) is 347 Å². The van der Waals surface area contributed by atoms with Crippen molar-refractivity contribution in [2.45, 2.75) is 629 Å². The zero-order valence-corrected chi connectivity index (χ0v) is 92.6. The van der Waals surface area contributed by atoms with E-state index in [0.717, 1.165) is 18.4 Å². The molecule has 0 N–H and O–H groups in total. The topological polar surface area (TPSA) is 26.3 Å². The molecule has 0 saturated carbocycles. The van der Waals surface area contributed by atoms with Crippen LogP contribution in [0.3, 0.4) is 0 Å². The van der Waals surface area contributed by atoms with Gasteiger partial charge in [-0.25, -0.2) is 0 Å². The van der Waals surface area contributed by atoms with Crippen molar-refractivity contribution in [2.75, 3.05) is 0 Å². The molecule has 2 nitrogen and oxygen atoms in total. The normalized spacial score (nSPS) is 15.8. The second-order valence-corrected chi connectivity index (χ2v) is 46.8. The zero-order valence-electron chi connectivity index (χ0n) is 92.6. The molecule has 1 rings (SSSR count). The Morgan fingerprint density at radius 3 is 0.545 bits per heavy atom. The Balaban J connectivity index is 7.35. The SMILES string of the molecule is CCCC(CC)CC(CC)(CC(CC)(CC)CC)CC(CC(CC)(CC)CC)(CC(CC(CC)(CC)CC)(CC(CC)(CC)CC)CC(CC)(CC)CC)CC(CC(CC(CC)(CC)CC)(CC(CC)(CC)CC)CC(CC)(CC)CC)(CC(CC(CC)(CC)CC)(CC(CC)(CC)CC)CC(CC)(CC)CC)CC(C)(CC)C(=O)OCc1ccccc1. The van der Waals surface area contributed by atoms with Crippen molar-refractivity contribution in [1.29, 1.82) is 0 Å². The Morgan fingerprint density at radius 1 is 0.220 bits per heavy atom. The summed E-state index contributed by atoms with van der Waals surface area (Å²) in [5.74, 6) is 0.749. The number of ether oxygens (including phenoxy) is 1. The summed E-state index contributed by atoms with van der Waals surface area (Å²) in [6, 6.07) is 11.0. The first-order valence-electron chi connectivity index (χ1n) is 56.3. The predicted molar refractivity (Wildman–Crippen MR) is 558 cm³/mol. The minimum atomic E-state index is -0.798. The predicted octanol–water partition coefficient (Wildman–Crippen LogP) is 42.7. The third-order valence-corrected chi connectivity index (χ3v) is 42.7. The van der Waals surface area contributed by atoms with Gasteiger partial charge in [0.05, 0.1) is 5.41 Å². The van der Waals surface area contributed by atoms with Gasteiger partial charge in [0.15, 0.2) is 0 Å². The molecule has 123 heavy (non-hydrogen) atoms. The molecule has 1 aromatic rings. The smallest absolute Gasteiger partial charge is 0.312 e. The van der Waals surface area contributed by atoms with E-state index in [0.29, 0.717) is 12.5 Å². The molecule has 2 heteroatoms. The molecular weight excluding hydrogens is 1490 g/mol. The van der Waals surface area contributed by atoms with E-state index in [1.807, 2.05) is 0 Å². The molecule has 0 spiro atoms. The van der Waals surface area contributed by atoms with Crippen LogP contribution in [0.1, 0.15) is 628 Å². The quantitative estimate of drug-likeness (QED) is 0.0608. The number of hydrogen-bond acceptors (Lipinski definition) is 2. The standard InChI is InChI=1S/C121H234O2/c1-39-79-101(40-2)82-116(75-37,85-105(42-4,43-5)44-6)96-121(95-115(72-34,73-35)74-36,100-120(92-112(63-25,64-26)65-27,93-113(66-28,67-29)68-30)94-114(69-31,70-32)71-33)99-117(84-104(38,41-3)103(122)123-83-102-80-77-76-78-81-102,97-118(86-106(45-7,46-8)47-9,87-107(48-10,49-11)50-12)88-108(51-13,52-14)53-15)98-119(89-109(54-16,55-17)56-18,90-110(57-19,58-20)59-21)91-111(60-22,61-23)62-24/h76-78,80-81,101H,39-75,79,82-100H2,1-38H3. The molecule has 0 aliphatic carbocycles. The van der Waals surface area contributed by atoms with Gasteiger partial charge in [0.2, 0.25) is 0 Å². The number of hydrogen-bond donors (Lipinski definition) is 0. The number of benzene rings is 1. The summed E-state index contributed by atoms with van der Waals surface area (Å²) >= 11 is 0. The van der Waals surface area contributed by atoms with Crippen LogP contribution in [-0.4, -0.2) is 5.97 Å². The lowest BCUT2D eigenvalue weighted by atomic mass is 9.41. The average Bonchev–Trinajstić information content (AvgIpc) is 0.718. The van der Waals surface area contributed by atoms with Gasteiger partial charge in [-0.1, -0.05) is 524 Å². The first-order chi connectivity index (χ1) is 58.1. The Bertz CT molecular complexity index is 2520. The third kappa shape index (κ3) is 30.9. The highest BCUT2D eigenvalue weighted by molar-refractivity contribution is 5.76. The zero-order chi connectivity index (χ0) is 94.3. The van der Waals surface area contributed by atoms with Crippen molar-refractivity contribution in [3.8, 4) is 0 Å². The van der Waals surface area contributed by atoms with Crippen molar-refractivity contribution in [2.24, 2.45) is 103 Å². The Kier molecular flexibility index (Phi) is 52.7. The molecule has 730 valence electrons. The van der Waals surface area contributed by atoms with Crippen LogP contribution in [0, 0.1) is 103 Å². The maximum Gasteiger partial charge on any atom is 0.312 e. The van der Waals surface area contributed by atoms with E-state index in [-0.39, 0.29) is 98.0 Å². The van der Waals surface area contributed by atoms with Gasteiger partial charge in [-0.2, -0.15) is 0 Å². The van der Waals surface area contributed by atoms with Gasteiger partial charge in [-0.15, -0.1) is 0 Å². The summed E-state index contributed by atoms with van der Waals surface area (Å²) in [5, 5.41) is 0. The van der Waals surface area contributed by atoms with Crippen LogP contribution in [-0.2, 0) is 16.1 Å². The molecule has 0 bridgehead atoms. The van der Waals surface area contributed by atoms with Crippen molar-refractivity contribution < 1.29 is 9.53 Å². The van der Waals surface area contributed by atoms with E-state index >= 15 is 4.79 Å².